The molecule has 1 fully saturated rings. The smallest absolute Gasteiger partial charge is 0.407 e. The van der Waals surface area contributed by atoms with Gasteiger partial charge in [-0.25, -0.2) is 4.79 Å². The number of rotatable bonds is 12. The summed E-state index contributed by atoms with van der Waals surface area (Å²) in [6.07, 6.45) is 3.60. The fraction of sp³-hybridized carbons (Fsp3) is 0.630. The van der Waals surface area contributed by atoms with Crippen molar-refractivity contribution in [1.82, 2.24) is 19.7 Å². The zero-order valence-electron chi connectivity index (χ0n) is 22.2. The maximum Gasteiger partial charge on any atom is 0.407 e. The Hall–Kier alpha value is -2.29. The second-order valence-corrected chi connectivity index (χ2v) is 9.65. The van der Waals surface area contributed by atoms with E-state index in [2.05, 4.69) is 40.8 Å². The van der Waals surface area contributed by atoms with Gasteiger partial charge < -0.3 is 29.5 Å². The lowest BCUT2D eigenvalue weighted by Crippen LogP contribution is -2.52. The van der Waals surface area contributed by atoms with Crippen molar-refractivity contribution in [3.8, 4) is 0 Å². The number of unbranched alkanes of at least 4 members (excludes halogenated alkanes) is 1. The quantitative estimate of drug-likeness (QED) is 0.397. The van der Waals surface area contributed by atoms with Crippen molar-refractivity contribution in [2.45, 2.75) is 71.5 Å². The lowest BCUT2D eigenvalue weighted by atomic mass is 10.0. The second-order valence-electron chi connectivity index (χ2n) is 9.65. The average molecular weight is 523 g/mol. The Labute approximate surface area is 221 Å². The molecule has 0 saturated carbocycles. The van der Waals surface area contributed by atoms with Crippen LogP contribution >= 0.6 is 12.4 Å². The van der Waals surface area contributed by atoms with E-state index in [1.807, 2.05) is 19.1 Å². The van der Waals surface area contributed by atoms with Crippen molar-refractivity contribution in [1.29, 1.82) is 0 Å². The van der Waals surface area contributed by atoms with Crippen LogP contribution in [0.3, 0.4) is 0 Å². The highest BCUT2D eigenvalue weighted by atomic mass is 35.5. The number of piperidine rings is 1. The molecule has 0 aliphatic carbocycles. The van der Waals surface area contributed by atoms with E-state index in [0.717, 1.165) is 67.5 Å². The molecule has 2 amide bonds. The maximum atomic E-state index is 14.0. The number of aryl methyl sites for hydroxylation is 1. The summed E-state index contributed by atoms with van der Waals surface area (Å²) in [6.45, 7) is 10.1. The van der Waals surface area contributed by atoms with Crippen LogP contribution in [0.4, 0.5) is 4.79 Å². The number of halogens is 1. The van der Waals surface area contributed by atoms with E-state index in [4.69, 9.17) is 4.74 Å². The summed E-state index contributed by atoms with van der Waals surface area (Å²) in [5.41, 5.74) is 2.83. The molecule has 9 heteroatoms. The van der Waals surface area contributed by atoms with E-state index >= 15 is 0 Å². The van der Waals surface area contributed by atoms with Crippen LogP contribution in [0.25, 0.3) is 10.9 Å². The highest BCUT2D eigenvalue weighted by Gasteiger charge is 2.31. The zero-order valence-corrected chi connectivity index (χ0v) is 23.0. The maximum absolute atomic E-state index is 14.0. The number of hydrogen-bond acceptors (Lipinski definition) is 4. The van der Waals surface area contributed by atoms with Crippen LogP contribution < -0.4 is 5.32 Å². The molecule has 1 atom stereocenters. The first-order chi connectivity index (χ1) is 16.9. The molecule has 8 nitrogen and oxygen atoms in total. The molecule has 1 aromatic carbocycles. The van der Waals surface area contributed by atoms with Crippen LogP contribution in [-0.2, 0) is 17.7 Å². The van der Waals surface area contributed by atoms with Crippen LogP contribution in [0.1, 0.15) is 62.5 Å². The number of nitrogens with zero attached hydrogens (tertiary/aromatic N) is 3. The van der Waals surface area contributed by atoms with Gasteiger partial charge in [-0.3, -0.25) is 4.79 Å². The number of carbonyl (C=O) groups excluding carboxylic acids is 1. The predicted octanol–water partition coefficient (Wildman–Crippen LogP) is 4.63. The third-order valence-corrected chi connectivity index (χ3v) is 6.96. The van der Waals surface area contributed by atoms with Crippen LogP contribution in [0, 0.1) is 0 Å². The molecule has 3 rings (SSSR count). The Morgan fingerprint density at radius 1 is 1.28 bits per heavy atom. The minimum absolute atomic E-state index is 0. The Bertz CT molecular complexity index is 988. The molecule has 1 aliphatic heterocycles. The largest absolute Gasteiger partial charge is 0.465 e. The highest BCUT2D eigenvalue weighted by molar-refractivity contribution is 6.00. The second kappa shape index (κ2) is 14.4. The summed E-state index contributed by atoms with van der Waals surface area (Å²) in [5.74, 6) is 0.0725. The first-order valence-corrected chi connectivity index (χ1v) is 13.0. The van der Waals surface area contributed by atoms with Gasteiger partial charge in [0, 0.05) is 57.4 Å². The molecule has 2 aromatic rings. The molecular weight excluding hydrogens is 480 g/mol. The number of amides is 2. The van der Waals surface area contributed by atoms with Gasteiger partial charge in [-0.15, -0.1) is 12.4 Å². The third kappa shape index (κ3) is 7.14. The summed E-state index contributed by atoms with van der Waals surface area (Å²) < 4.78 is 7.42. The van der Waals surface area contributed by atoms with Gasteiger partial charge in [0.25, 0.3) is 5.91 Å². The van der Waals surface area contributed by atoms with Crippen molar-refractivity contribution in [2.75, 3.05) is 39.9 Å². The Morgan fingerprint density at radius 2 is 2.06 bits per heavy atom. The fourth-order valence-corrected chi connectivity index (χ4v) is 5.20. The molecule has 0 spiro atoms. The molecule has 202 valence electrons. The van der Waals surface area contributed by atoms with Crippen molar-refractivity contribution in [3.05, 3.63) is 35.5 Å². The molecular formula is C27H43ClN4O4. The van der Waals surface area contributed by atoms with Gasteiger partial charge in [0.15, 0.2) is 0 Å². The summed E-state index contributed by atoms with van der Waals surface area (Å²) in [4.78, 5) is 29.0. The van der Waals surface area contributed by atoms with Gasteiger partial charge in [0.05, 0.1) is 5.52 Å². The minimum atomic E-state index is -0.904. The number of hydrogen-bond donors (Lipinski definition) is 2. The monoisotopic (exact) mass is 522 g/mol. The van der Waals surface area contributed by atoms with Gasteiger partial charge >= 0.3 is 6.09 Å². The van der Waals surface area contributed by atoms with Gasteiger partial charge in [-0.1, -0.05) is 18.2 Å². The van der Waals surface area contributed by atoms with Crippen molar-refractivity contribution < 1.29 is 19.4 Å². The molecule has 2 N–H and O–H groups in total. The van der Waals surface area contributed by atoms with E-state index in [-0.39, 0.29) is 30.4 Å². The van der Waals surface area contributed by atoms with E-state index in [1.165, 1.54) is 4.90 Å². The number of fused-ring (bicyclic) bond motifs is 1. The van der Waals surface area contributed by atoms with Crippen molar-refractivity contribution in [3.63, 3.8) is 0 Å². The zero-order chi connectivity index (χ0) is 25.4. The lowest BCUT2D eigenvalue weighted by Gasteiger charge is -2.37. The van der Waals surface area contributed by atoms with Crippen LogP contribution in [0.2, 0.25) is 0 Å². The number of ether oxygens (including phenoxy) is 1. The normalized spacial score (nSPS) is 15.6. The van der Waals surface area contributed by atoms with Gasteiger partial charge in [-0.2, -0.15) is 0 Å². The van der Waals surface area contributed by atoms with Crippen LogP contribution in [0.5, 0.6) is 0 Å². The molecule has 1 aliphatic rings. The Balaban J connectivity index is 0.00000456. The number of aromatic nitrogens is 1. The fourth-order valence-electron chi connectivity index (χ4n) is 5.20. The van der Waals surface area contributed by atoms with Crippen LogP contribution in [-0.4, -0.2) is 83.5 Å². The molecule has 0 bridgehead atoms. The number of likely N-dealkylation sites (N-methyl/N-ethyl adjacent to an activating group) is 1. The molecule has 0 unspecified atom stereocenters. The number of para-hydroxylation sites is 1. The molecule has 0 radical (unpaired) electrons. The van der Waals surface area contributed by atoms with E-state index < -0.39 is 6.09 Å². The number of carboxylic acid groups (broad SMARTS) is 1. The van der Waals surface area contributed by atoms with Gasteiger partial charge in [-0.05, 0) is 71.0 Å². The third-order valence-electron chi connectivity index (χ3n) is 6.96. The first kappa shape index (κ1) is 29.9. The van der Waals surface area contributed by atoms with Crippen LogP contribution in [0.15, 0.2) is 24.3 Å². The van der Waals surface area contributed by atoms with Gasteiger partial charge in [0.1, 0.15) is 5.69 Å². The Morgan fingerprint density at radius 3 is 2.67 bits per heavy atom. The summed E-state index contributed by atoms with van der Waals surface area (Å²) in [7, 11) is 1.71. The van der Waals surface area contributed by atoms with E-state index in [0.29, 0.717) is 26.1 Å². The summed E-state index contributed by atoms with van der Waals surface area (Å²) in [6, 6.07) is 8.42. The summed E-state index contributed by atoms with van der Waals surface area (Å²) >= 11 is 0. The first-order valence-electron chi connectivity index (χ1n) is 13.0. The number of carbonyl (C=O) groups is 2. The SMILES string of the molecule is CCN(CCc1cccc2cc(C(=O)N(C(C)C)[C@@H]3CCCNC3)n(CCCCOC)c12)C(=O)O.Cl. The van der Waals surface area contributed by atoms with Crippen molar-refractivity contribution in [2.24, 2.45) is 0 Å². The predicted molar refractivity (Wildman–Crippen MR) is 146 cm³/mol. The number of methoxy groups -OCH3 is 1. The van der Waals surface area contributed by atoms with E-state index in [1.54, 1.807) is 7.11 Å². The highest BCUT2D eigenvalue weighted by Crippen LogP contribution is 2.28. The molecule has 36 heavy (non-hydrogen) atoms. The number of nitrogens with one attached hydrogen (secondary N) is 1. The molecule has 1 saturated heterocycles. The minimum Gasteiger partial charge on any atom is -0.465 e. The topological polar surface area (TPSA) is 87.0 Å². The standard InChI is InChI=1S/C27H42N4O4.ClH/c1-5-29(27(33)34)16-13-21-10-8-11-22-18-24(30(25(21)22)15-6-7-17-35-4)26(32)31(20(2)3)23-12-9-14-28-19-23;/h8,10-11,18,20,23,28H,5-7,9,12-17,19H2,1-4H3,(H,33,34);1H/t23-;/m1./s1. The Kier molecular flexibility index (Phi) is 12.0. The molecule has 2 heterocycles. The van der Waals surface area contributed by atoms with E-state index in [9.17, 15) is 14.7 Å². The molecule has 1 aromatic heterocycles. The summed E-state index contributed by atoms with van der Waals surface area (Å²) in [5, 5.41) is 13.9. The van der Waals surface area contributed by atoms with Gasteiger partial charge in [0.2, 0.25) is 0 Å². The number of benzene rings is 1. The average Bonchev–Trinajstić information content (AvgIpc) is 3.22. The van der Waals surface area contributed by atoms with Crippen molar-refractivity contribution >= 4 is 35.3 Å². The lowest BCUT2D eigenvalue weighted by molar-refractivity contribution is 0.0562.